The summed E-state index contributed by atoms with van der Waals surface area (Å²) in [6.07, 6.45) is 2.02. The molecule has 0 spiro atoms. The summed E-state index contributed by atoms with van der Waals surface area (Å²) in [4.78, 5) is 6.76. The van der Waals surface area contributed by atoms with Crippen molar-refractivity contribution in [2.75, 3.05) is 39.6 Å². The molecule has 1 aromatic rings. The van der Waals surface area contributed by atoms with E-state index >= 15 is 0 Å². The second-order valence-electron chi connectivity index (χ2n) is 6.66. The van der Waals surface area contributed by atoms with Crippen LogP contribution in [0, 0.1) is 5.82 Å². The average Bonchev–Trinajstić information content (AvgIpc) is 2.63. The van der Waals surface area contributed by atoms with Crippen molar-refractivity contribution in [3.8, 4) is 0 Å². The first kappa shape index (κ1) is 21.0. The van der Waals surface area contributed by atoms with Crippen molar-refractivity contribution >= 4 is 17.7 Å². The van der Waals surface area contributed by atoms with Crippen LogP contribution in [0.25, 0.3) is 0 Å². The Balaban J connectivity index is 1.86. The molecule has 146 valence electrons. The van der Waals surface area contributed by atoms with E-state index in [1.54, 1.807) is 24.9 Å². The Hall–Kier alpha value is -1.31. The van der Waals surface area contributed by atoms with Gasteiger partial charge in [-0.3, -0.25) is 9.89 Å². The quantitative estimate of drug-likeness (QED) is 0.560. The predicted octanol–water partition coefficient (Wildman–Crippen LogP) is 2.46. The van der Waals surface area contributed by atoms with Crippen molar-refractivity contribution in [2.45, 2.75) is 38.2 Å². The maximum Gasteiger partial charge on any atom is 0.191 e. The lowest BCUT2D eigenvalue weighted by Gasteiger charge is -2.38. The number of morpholine rings is 1. The van der Waals surface area contributed by atoms with Gasteiger partial charge in [-0.15, -0.1) is 0 Å². The van der Waals surface area contributed by atoms with Gasteiger partial charge in [-0.2, -0.15) is 11.8 Å². The van der Waals surface area contributed by atoms with Crippen molar-refractivity contribution < 1.29 is 9.13 Å². The maximum absolute atomic E-state index is 13.5. The van der Waals surface area contributed by atoms with Crippen molar-refractivity contribution in [2.24, 2.45) is 4.99 Å². The molecule has 2 unspecified atom stereocenters. The molecule has 2 rings (SSSR count). The third kappa shape index (κ3) is 6.14. The molecule has 1 aliphatic rings. The average molecular weight is 383 g/mol. The molecule has 1 aromatic carbocycles. The fraction of sp³-hybridized carbons (Fsp3) is 0.632. The molecular formula is C19H31FN4OS. The zero-order valence-electron chi connectivity index (χ0n) is 16.2. The SMILES string of the molecule is CN=C(NCc1ccc(F)cc1CSC)NCC(C)N1CCOCC1C. The molecule has 1 heterocycles. The van der Waals surface area contributed by atoms with E-state index in [2.05, 4.69) is 34.4 Å². The molecule has 0 amide bonds. The molecule has 0 saturated carbocycles. The Morgan fingerprint density at radius 2 is 2.23 bits per heavy atom. The summed E-state index contributed by atoms with van der Waals surface area (Å²) in [6.45, 7) is 8.40. The minimum atomic E-state index is -0.186. The van der Waals surface area contributed by atoms with Gasteiger partial charge in [0.1, 0.15) is 5.82 Å². The lowest BCUT2D eigenvalue weighted by molar-refractivity contribution is -0.0174. The number of nitrogens with one attached hydrogen (secondary N) is 2. The number of halogens is 1. The van der Waals surface area contributed by atoms with E-state index < -0.39 is 0 Å². The Bertz CT molecular complexity index is 599. The molecule has 0 radical (unpaired) electrons. The number of ether oxygens (including phenoxy) is 1. The summed E-state index contributed by atoms with van der Waals surface area (Å²) in [5.41, 5.74) is 2.12. The largest absolute Gasteiger partial charge is 0.379 e. The monoisotopic (exact) mass is 382 g/mol. The summed E-state index contributed by atoms with van der Waals surface area (Å²) in [6, 6.07) is 5.80. The lowest BCUT2D eigenvalue weighted by Crippen LogP contribution is -2.53. The second kappa shape index (κ2) is 10.7. The Morgan fingerprint density at radius 3 is 2.92 bits per heavy atom. The van der Waals surface area contributed by atoms with Gasteiger partial charge >= 0.3 is 0 Å². The van der Waals surface area contributed by atoms with E-state index in [4.69, 9.17) is 4.74 Å². The third-order valence-corrected chi connectivity index (χ3v) is 5.29. The van der Waals surface area contributed by atoms with E-state index in [-0.39, 0.29) is 5.82 Å². The zero-order chi connectivity index (χ0) is 18.9. The van der Waals surface area contributed by atoms with Crippen LogP contribution in [0.15, 0.2) is 23.2 Å². The number of nitrogens with zero attached hydrogens (tertiary/aromatic N) is 2. The molecule has 5 nitrogen and oxygen atoms in total. The van der Waals surface area contributed by atoms with Gasteiger partial charge in [0.2, 0.25) is 0 Å². The number of aliphatic imine (C=N–C) groups is 1. The standard InChI is InChI=1S/C19H31FN4OS/c1-14(24-7-8-25-12-15(24)2)10-22-19(21-3)23-11-16-5-6-18(20)9-17(16)13-26-4/h5-6,9,14-15H,7-8,10-13H2,1-4H3,(H2,21,22,23). The predicted molar refractivity (Wildman–Crippen MR) is 108 cm³/mol. The van der Waals surface area contributed by atoms with Crippen LogP contribution in [0.3, 0.4) is 0 Å². The van der Waals surface area contributed by atoms with E-state index in [0.717, 1.165) is 49.1 Å². The van der Waals surface area contributed by atoms with Crippen molar-refractivity contribution in [1.82, 2.24) is 15.5 Å². The van der Waals surface area contributed by atoms with Gasteiger partial charge in [0.05, 0.1) is 13.2 Å². The number of thioether (sulfide) groups is 1. The van der Waals surface area contributed by atoms with E-state index in [9.17, 15) is 4.39 Å². The summed E-state index contributed by atoms with van der Waals surface area (Å²) < 4.78 is 19.0. The summed E-state index contributed by atoms with van der Waals surface area (Å²) in [5.74, 6) is 1.37. The number of hydrogen-bond acceptors (Lipinski definition) is 4. The van der Waals surface area contributed by atoms with Gasteiger partial charge in [0.15, 0.2) is 5.96 Å². The molecule has 7 heteroatoms. The minimum absolute atomic E-state index is 0.186. The topological polar surface area (TPSA) is 48.9 Å². The van der Waals surface area contributed by atoms with E-state index in [1.165, 1.54) is 6.07 Å². The molecule has 0 aliphatic carbocycles. The number of guanidine groups is 1. The molecule has 26 heavy (non-hydrogen) atoms. The normalized spacial score (nSPS) is 20.0. The van der Waals surface area contributed by atoms with Crippen LogP contribution in [-0.4, -0.2) is 62.5 Å². The van der Waals surface area contributed by atoms with E-state index in [1.807, 2.05) is 12.3 Å². The molecule has 1 saturated heterocycles. The second-order valence-corrected chi connectivity index (χ2v) is 7.53. The van der Waals surface area contributed by atoms with Crippen LogP contribution in [0.2, 0.25) is 0 Å². The first-order chi connectivity index (χ1) is 12.5. The Kier molecular flexibility index (Phi) is 8.68. The van der Waals surface area contributed by atoms with Crippen LogP contribution in [0.1, 0.15) is 25.0 Å². The van der Waals surface area contributed by atoms with Crippen LogP contribution < -0.4 is 10.6 Å². The molecule has 2 N–H and O–H groups in total. The highest BCUT2D eigenvalue weighted by Crippen LogP contribution is 2.16. The van der Waals surface area contributed by atoms with Crippen molar-refractivity contribution in [1.29, 1.82) is 0 Å². The van der Waals surface area contributed by atoms with Gasteiger partial charge < -0.3 is 15.4 Å². The summed E-state index contributed by atoms with van der Waals surface area (Å²) >= 11 is 1.69. The van der Waals surface area contributed by atoms with Crippen LogP contribution in [-0.2, 0) is 17.0 Å². The first-order valence-electron chi connectivity index (χ1n) is 9.09. The maximum atomic E-state index is 13.5. The zero-order valence-corrected chi connectivity index (χ0v) is 17.0. The van der Waals surface area contributed by atoms with Crippen molar-refractivity contribution in [3.63, 3.8) is 0 Å². The first-order valence-corrected chi connectivity index (χ1v) is 10.5. The molecule has 2 atom stereocenters. The van der Waals surface area contributed by atoms with Crippen LogP contribution >= 0.6 is 11.8 Å². The molecular weight excluding hydrogens is 351 g/mol. The van der Waals surface area contributed by atoms with Gasteiger partial charge in [-0.25, -0.2) is 4.39 Å². The van der Waals surface area contributed by atoms with Crippen LogP contribution in [0.4, 0.5) is 4.39 Å². The number of hydrogen-bond donors (Lipinski definition) is 2. The van der Waals surface area contributed by atoms with Gasteiger partial charge in [0.25, 0.3) is 0 Å². The lowest BCUT2D eigenvalue weighted by atomic mass is 10.1. The molecule has 0 aromatic heterocycles. The van der Waals surface area contributed by atoms with E-state index in [0.29, 0.717) is 18.6 Å². The highest BCUT2D eigenvalue weighted by atomic mass is 32.2. The van der Waals surface area contributed by atoms with Gasteiger partial charge in [0, 0.05) is 44.5 Å². The Labute approximate surface area is 160 Å². The van der Waals surface area contributed by atoms with Crippen LogP contribution in [0.5, 0.6) is 0 Å². The number of rotatable bonds is 7. The van der Waals surface area contributed by atoms with Gasteiger partial charge in [-0.05, 0) is 43.4 Å². The summed E-state index contributed by atoms with van der Waals surface area (Å²) in [5, 5.41) is 6.73. The highest BCUT2D eigenvalue weighted by Gasteiger charge is 2.23. The van der Waals surface area contributed by atoms with Gasteiger partial charge in [-0.1, -0.05) is 6.07 Å². The molecule has 1 aliphatic heterocycles. The fourth-order valence-electron chi connectivity index (χ4n) is 3.21. The Morgan fingerprint density at radius 1 is 1.42 bits per heavy atom. The number of benzene rings is 1. The minimum Gasteiger partial charge on any atom is -0.379 e. The summed E-state index contributed by atoms with van der Waals surface area (Å²) in [7, 11) is 1.77. The fourth-order valence-corrected chi connectivity index (χ4v) is 3.79. The smallest absolute Gasteiger partial charge is 0.191 e. The highest BCUT2D eigenvalue weighted by molar-refractivity contribution is 7.97. The molecule has 0 bridgehead atoms. The molecule has 1 fully saturated rings. The van der Waals surface area contributed by atoms with Crippen molar-refractivity contribution in [3.05, 3.63) is 35.1 Å². The third-order valence-electron chi connectivity index (χ3n) is 4.69.